The lowest BCUT2D eigenvalue weighted by molar-refractivity contribution is 1.08. The molecule has 0 saturated heterocycles. The number of hydrogen-bond donors (Lipinski definition) is 0. The molecule has 0 unspecified atom stereocenters. The highest BCUT2D eigenvalue weighted by atomic mass is 32.1. The molecular formula is C44H27N5S. The van der Waals surface area contributed by atoms with Crippen LogP contribution in [-0.4, -0.2) is 24.5 Å². The quantitative estimate of drug-likeness (QED) is 0.185. The fourth-order valence-corrected chi connectivity index (χ4v) is 8.39. The van der Waals surface area contributed by atoms with Gasteiger partial charge in [0.2, 0.25) is 0 Å². The summed E-state index contributed by atoms with van der Waals surface area (Å²) >= 11 is 1.78. The first-order chi connectivity index (χ1) is 24.8. The molecule has 0 aliphatic heterocycles. The summed E-state index contributed by atoms with van der Waals surface area (Å²) in [5.74, 6) is 1.93. The van der Waals surface area contributed by atoms with Crippen molar-refractivity contribution in [1.29, 1.82) is 0 Å². The molecule has 0 atom stereocenters. The van der Waals surface area contributed by atoms with E-state index in [1.165, 1.54) is 20.9 Å². The molecule has 4 aromatic heterocycles. The lowest BCUT2D eigenvalue weighted by Crippen LogP contribution is -2.01. The van der Waals surface area contributed by atoms with E-state index in [1.54, 1.807) is 11.3 Å². The predicted octanol–water partition coefficient (Wildman–Crippen LogP) is 11.4. The maximum Gasteiger partial charge on any atom is 0.165 e. The molecule has 0 radical (unpaired) electrons. The van der Waals surface area contributed by atoms with Gasteiger partial charge < -0.3 is 0 Å². The Morgan fingerprint density at radius 2 is 0.980 bits per heavy atom. The molecule has 6 aromatic carbocycles. The first kappa shape index (κ1) is 28.5. The first-order valence-corrected chi connectivity index (χ1v) is 17.4. The summed E-state index contributed by atoms with van der Waals surface area (Å²) in [5, 5.41) is 4.70. The molecule has 0 aliphatic carbocycles. The number of para-hydroxylation sites is 1. The number of benzene rings is 6. The summed E-state index contributed by atoms with van der Waals surface area (Å²) in [7, 11) is 0. The van der Waals surface area contributed by atoms with Crippen LogP contribution in [0.2, 0.25) is 0 Å². The van der Waals surface area contributed by atoms with Crippen molar-refractivity contribution in [3.8, 4) is 51.0 Å². The SMILES string of the molecule is c1ccc(-c2nc(-c3ccccc3-c3ccccc3)nc(-c3cccc4c3sc3c(-n5c6ccccc6c6cccnc65)cccc34)n2)cc1. The topological polar surface area (TPSA) is 56.5 Å². The van der Waals surface area contributed by atoms with E-state index in [0.29, 0.717) is 17.5 Å². The summed E-state index contributed by atoms with van der Waals surface area (Å²) in [4.78, 5) is 20.3. The highest BCUT2D eigenvalue weighted by Gasteiger charge is 2.21. The van der Waals surface area contributed by atoms with Crippen molar-refractivity contribution in [1.82, 2.24) is 24.5 Å². The molecular weight excluding hydrogens is 631 g/mol. The molecule has 6 heteroatoms. The minimum absolute atomic E-state index is 0.642. The Morgan fingerprint density at radius 3 is 1.80 bits per heavy atom. The highest BCUT2D eigenvalue weighted by molar-refractivity contribution is 7.26. The van der Waals surface area contributed by atoms with Crippen molar-refractivity contribution in [2.75, 3.05) is 0 Å². The Morgan fingerprint density at radius 1 is 0.400 bits per heavy atom. The number of fused-ring (bicyclic) bond motifs is 6. The van der Waals surface area contributed by atoms with Gasteiger partial charge in [0.15, 0.2) is 17.5 Å². The number of pyridine rings is 1. The number of aromatic nitrogens is 5. The van der Waals surface area contributed by atoms with Gasteiger partial charge in [0.05, 0.1) is 15.9 Å². The van der Waals surface area contributed by atoms with Gasteiger partial charge in [0.25, 0.3) is 0 Å². The van der Waals surface area contributed by atoms with Crippen molar-refractivity contribution in [3.05, 3.63) is 164 Å². The number of nitrogens with zero attached hydrogens (tertiary/aromatic N) is 5. The second kappa shape index (κ2) is 11.6. The molecule has 50 heavy (non-hydrogen) atoms. The van der Waals surface area contributed by atoms with Crippen LogP contribution in [0.5, 0.6) is 0 Å². The van der Waals surface area contributed by atoms with E-state index in [2.05, 4.69) is 126 Å². The van der Waals surface area contributed by atoms with Gasteiger partial charge in [-0.15, -0.1) is 11.3 Å². The minimum atomic E-state index is 0.642. The summed E-state index contributed by atoms with van der Waals surface area (Å²) < 4.78 is 4.63. The molecule has 234 valence electrons. The lowest BCUT2D eigenvalue weighted by Gasteiger charge is -2.12. The second-order valence-electron chi connectivity index (χ2n) is 12.2. The van der Waals surface area contributed by atoms with Gasteiger partial charge in [-0.3, -0.25) is 4.57 Å². The Kier molecular flexibility index (Phi) is 6.60. The van der Waals surface area contributed by atoms with Crippen LogP contribution in [-0.2, 0) is 0 Å². The van der Waals surface area contributed by atoms with Gasteiger partial charge in [0.1, 0.15) is 5.65 Å². The van der Waals surface area contributed by atoms with Gasteiger partial charge in [-0.25, -0.2) is 19.9 Å². The average Bonchev–Trinajstić information content (AvgIpc) is 3.75. The molecule has 10 rings (SSSR count). The van der Waals surface area contributed by atoms with E-state index >= 15 is 0 Å². The maximum absolute atomic E-state index is 5.23. The van der Waals surface area contributed by atoms with E-state index in [-0.39, 0.29) is 0 Å². The third-order valence-electron chi connectivity index (χ3n) is 9.34. The average molecular weight is 658 g/mol. The van der Waals surface area contributed by atoms with Crippen molar-refractivity contribution in [2.45, 2.75) is 0 Å². The fourth-order valence-electron chi connectivity index (χ4n) is 7.08. The van der Waals surface area contributed by atoms with Crippen LogP contribution in [0.1, 0.15) is 0 Å². The van der Waals surface area contributed by atoms with E-state index in [9.17, 15) is 0 Å². The van der Waals surface area contributed by atoms with Crippen molar-refractivity contribution in [2.24, 2.45) is 0 Å². The van der Waals surface area contributed by atoms with Crippen LogP contribution in [0.3, 0.4) is 0 Å². The zero-order chi connectivity index (χ0) is 33.0. The summed E-state index contributed by atoms with van der Waals surface area (Å²) in [5.41, 5.74) is 8.27. The zero-order valence-electron chi connectivity index (χ0n) is 26.7. The van der Waals surface area contributed by atoms with Crippen LogP contribution in [0.25, 0.3) is 93.1 Å². The molecule has 0 bridgehead atoms. The molecule has 0 aliphatic rings. The second-order valence-corrected chi connectivity index (χ2v) is 13.3. The monoisotopic (exact) mass is 657 g/mol. The van der Waals surface area contributed by atoms with Crippen molar-refractivity contribution < 1.29 is 0 Å². The van der Waals surface area contributed by atoms with E-state index in [1.807, 2.05) is 42.6 Å². The van der Waals surface area contributed by atoms with Crippen molar-refractivity contribution in [3.63, 3.8) is 0 Å². The maximum atomic E-state index is 5.23. The first-order valence-electron chi connectivity index (χ1n) is 16.6. The third-order valence-corrected chi connectivity index (χ3v) is 10.6. The minimum Gasteiger partial charge on any atom is -0.292 e. The molecule has 0 fully saturated rings. The third kappa shape index (κ3) is 4.54. The van der Waals surface area contributed by atoms with Crippen LogP contribution >= 0.6 is 11.3 Å². The van der Waals surface area contributed by atoms with Gasteiger partial charge in [0, 0.05) is 49.1 Å². The normalized spacial score (nSPS) is 11.6. The Bertz CT molecular complexity index is 2820. The van der Waals surface area contributed by atoms with E-state index in [4.69, 9.17) is 19.9 Å². The van der Waals surface area contributed by atoms with Crippen LogP contribution in [0.15, 0.2) is 164 Å². The lowest BCUT2D eigenvalue weighted by atomic mass is 9.99. The molecule has 5 nitrogen and oxygen atoms in total. The fraction of sp³-hybridized carbons (Fsp3) is 0. The molecule has 0 saturated carbocycles. The number of thiophene rings is 1. The Hall–Kier alpha value is -6.50. The van der Waals surface area contributed by atoms with Gasteiger partial charge in [-0.05, 0) is 41.5 Å². The number of rotatable bonds is 5. The predicted molar refractivity (Wildman–Crippen MR) is 207 cm³/mol. The van der Waals surface area contributed by atoms with Crippen LogP contribution < -0.4 is 0 Å². The Labute approximate surface area is 291 Å². The zero-order valence-corrected chi connectivity index (χ0v) is 27.5. The van der Waals surface area contributed by atoms with Crippen LogP contribution in [0, 0.1) is 0 Å². The van der Waals surface area contributed by atoms with Crippen LogP contribution in [0.4, 0.5) is 0 Å². The molecule has 0 spiro atoms. The van der Waals surface area contributed by atoms with Gasteiger partial charge >= 0.3 is 0 Å². The van der Waals surface area contributed by atoms with E-state index in [0.717, 1.165) is 54.8 Å². The van der Waals surface area contributed by atoms with E-state index < -0.39 is 0 Å². The largest absolute Gasteiger partial charge is 0.292 e. The standard InChI is InChI=1S/C44H27N5S/c1-3-14-28(15-4-1)30-18-7-8-20-34(30)42-46-41(29-16-5-2-6-17-29)47-43(48-42)36-23-11-21-32-33-22-12-26-38(40(33)50-39(32)36)49-37-25-10-9-19-31(37)35-24-13-27-45-44(35)49/h1-27H. The number of hydrogen-bond acceptors (Lipinski definition) is 5. The molecule has 10 aromatic rings. The summed E-state index contributed by atoms with van der Waals surface area (Å²) in [6.45, 7) is 0. The smallest absolute Gasteiger partial charge is 0.165 e. The molecule has 0 amide bonds. The van der Waals surface area contributed by atoms with Gasteiger partial charge in [-0.2, -0.15) is 0 Å². The summed E-state index contributed by atoms with van der Waals surface area (Å²) in [6, 6.07) is 54.7. The highest BCUT2D eigenvalue weighted by Crippen LogP contribution is 2.44. The Balaban J connectivity index is 1.23. The summed E-state index contributed by atoms with van der Waals surface area (Å²) in [6.07, 6.45) is 1.87. The molecule has 0 N–H and O–H groups in total. The van der Waals surface area contributed by atoms with Crippen molar-refractivity contribution >= 4 is 53.4 Å². The molecule has 4 heterocycles. The van der Waals surface area contributed by atoms with Gasteiger partial charge in [-0.1, -0.05) is 127 Å².